The summed E-state index contributed by atoms with van der Waals surface area (Å²) in [4.78, 5) is 10.3. The fourth-order valence-corrected chi connectivity index (χ4v) is 0.772. The van der Waals surface area contributed by atoms with E-state index < -0.39 is 12.0 Å². The van der Waals surface area contributed by atoms with Crippen LogP contribution in [-0.4, -0.2) is 30.2 Å². The SMILES string of the molecule is CC(C)CNCCC(N)C(=O)O. The summed E-state index contributed by atoms with van der Waals surface area (Å²) in [5.41, 5.74) is 5.29. The molecular formula is C8H18N2O2. The van der Waals surface area contributed by atoms with Crippen molar-refractivity contribution in [3.05, 3.63) is 0 Å². The van der Waals surface area contributed by atoms with Gasteiger partial charge in [-0.2, -0.15) is 0 Å². The van der Waals surface area contributed by atoms with Gasteiger partial charge in [-0.15, -0.1) is 0 Å². The zero-order valence-corrected chi connectivity index (χ0v) is 7.71. The quantitative estimate of drug-likeness (QED) is 0.497. The molecule has 0 aromatic carbocycles. The Balaban J connectivity index is 3.25. The molecule has 0 heterocycles. The molecule has 0 fully saturated rings. The van der Waals surface area contributed by atoms with Crippen LogP contribution in [0, 0.1) is 5.92 Å². The van der Waals surface area contributed by atoms with Crippen LogP contribution in [0.1, 0.15) is 20.3 Å². The van der Waals surface area contributed by atoms with E-state index in [1.54, 1.807) is 0 Å². The van der Waals surface area contributed by atoms with Crippen molar-refractivity contribution in [2.45, 2.75) is 26.3 Å². The molecule has 12 heavy (non-hydrogen) atoms. The Morgan fingerprint density at radius 2 is 2.17 bits per heavy atom. The Kier molecular flexibility index (Phi) is 5.66. The molecule has 0 radical (unpaired) electrons. The molecule has 0 rings (SSSR count). The molecule has 0 spiro atoms. The minimum Gasteiger partial charge on any atom is -0.480 e. The van der Waals surface area contributed by atoms with Crippen LogP contribution in [0.25, 0.3) is 0 Å². The number of rotatable bonds is 6. The van der Waals surface area contributed by atoms with Crippen LogP contribution in [0.5, 0.6) is 0 Å². The zero-order valence-electron chi connectivity index (χ0n) is 7.71. The number of carboxylic acid groups (broad SMARTS) is 1. The van der Waals surface area contributed by atoms with E-state index in [0.717, 1.165) is 6.54 Å². The third-order valence-electron chi connectivity index (χ3n) is 1.50. The summed E-state index contributed by atoms with van der Waals surface area (Å²) in [7, 11) is 0. The normalized spacial score (nSPS) is 13.3. The Morgan fingerprint density at radius 3 is 2.58 bits per heavy atom. The molecule has 0 aliphatic heterocycles. The molecule has 0 aliphatic rings. The van der Waals surface area contributed by atoms with Crippen LogP contribution < -0.4 is 11.1 Å². The molecule has 0 amide bonds. The summed E-state index contributed by atoms with van der Waals surface area (Å²) in [5.74, 6) is -0.340. The van der Waals surface area contributed by atoms with Crippen molar-refractivity contribution in [3.8, 4) is 0 Å². The Hall–Kier alpha value is -0.610. The molecule has 1 unspecified atom stereocenters. The van der Waals surface area contributed by atoms with E-state index in [0.29, 0.717) is 18.9 Å². The third-order valence-corrected chi connectivity index (χ3v) is 1.50. The van der Waals surface area contributed by atoms with Crippen LogP contribution in [0.4, 0.5) is 0 Å². The lowest BCUT2D eigenvalue weighted by Crippen LogP contribution is -2.34. The highest BCUT2D eigenvalue weighted by atomic mass is 16.4. The molecule has 0 aliphatic carbocycles. The van der Waals surface area contributed by atoms with Crippen molar-refractivity contribution in [3.63, 3.8) is 0 Å². The fraction of sp³-hybridized carbons (Fsp3) is 0.875. The number of hydrogen-bond acceptors (Lipinski definition) is 3. The summed E-state index contributed by atoms with van der Waals surface area (Å²) < 4.78 is 0. The summed E-state index contributed by atoms with van der Waals surface area (Å²) in [6.07, 6.45) is 0.488. The monoisotopic (exact) mass is 174 g/mol. The van der Waals surface area contributed by atoms with Gasteiger partial charge in [-0.3, -0.25) is 4.79 Å². The summed E-state index contributed by atoms with van der Waals surface area (Å²) in [6, 6.07) is -0.732. The average Bonchev–Trinajstić information content (AvgIpc) is 1.97. The molecule has 4 N–H and O–H groups in total. The summed E-state index contributed by atoms with van der Waals surface area (Å²) >= 11 is 0. The van der Waals surface area contributed by atoms with Gasteiger partial charge in [0.15, 0.2) is 0 Å². The molecule has 4 nitrogen and oxygen atoms in total. The van der Waals surface area contributed by atoms with Gasteiger partial charge in [-0.25, -0.2) is 0 Å². The van der Waals surface area contributed by atoms with E-state index in [1.807, 2.05) is 0 Å². The molecular weight excluding hydrogens is 156 g/mol. The molecule has 72 valence electrons. The lowest BCUT2D eigenvalue weighted by atomic mass is 10.2. The van der Waals surface area contributed by atoms with Gasteiger partial charge in [0.1, 0.15) is 6.04 Å². The number of nitrogens with one attached hydrogen (secondary N) is 1. The van der Waals surface area contributed by atoms with Gasteiger partial charge < -0.3 is 16.2 Å². The predicted molar refractivity (Wildman–Crippen MR) is 47.9 cm³/mol. The lowest BCUT2D eigenvalue weighted by molar-refractivity contribution is -0.138. The van der Waals surface area contributed by atoms with E-state index >= 15 is 0 Å². The number of aliphatic carboxylic acids is 1. The zero-order chi connectivity index (χ0) is 9.56. The first kappa shape index (κ1) is 11.4. The van der Waals surface area contributed by atoms with E-state index in [2.05, 4.69) is 19.2 Å². The minimum atomic E-state index is -0.929. The van der Waals surface area contributed by atoms with Gasteiger partial charge in [0.2, 0.25) is 0 Å². The summed E-state index contributed by atoms with van der Waals surface area (Å²) in [5, 5.41) is 11.6. The van der Waals surface area contributed by atoms with Crippen LogP contribution >= 0.6 is 0 Å². The highest BCUT2D eigenvalue weighted by Gasteiger charge is 2.09. The topological polar surface area (TPSA) is 75.3 Å². The van der Waals surface area contributed by atoms with Crippen LogP contribution in [0.3, 0.4) is 0 Å². The molecule has 0 aromatic rings. The molecule has 4 heteroatoms. The van der Waals surface area contributed by atoms with Gasteiger partial charge in [0, 0.05) is 0 Å². The van der Waals surface area contributed by atoms with Gasteiger partial charge in [0.25, 0.3) is 0 Å². The molecule has 1 atom stereocenters. The van der Waals surface area contributed by atoms with Gasteiger partial charge in [-0.1, -0.05) is 13.8 Å². The minimum absolute atomic E-state index is 0.488. The second-order valence-corrected chi connectivity index (χ2v) is 3.33. The van der Waals surface area contributed by atoms with Crippen molar-refractivity contribution in [1.82, 2.24) is 5.32 Å². The molecule has 0 aromatic heterocycles. The van der Waals surface area contributed by atoms with Crippen molar-refractivity contribution in [2.24, 2.45) is 11.7 Å². The van der Waals surface area contributed by atoms with Crippen molar-refractivity contribution in [1.29, 1.82) is 0 Å². The highest BCUT2D eigenvalue weighted by Crippen LogP contribution is 1.89. The molecule has 0 bridgehead atoms. The first-order valence-corrected chi connectivity index (χ1v) is 4.23. The van der Waals surface area contributed by atoms with E-state index in [-0.39, 0.29) is 0 Å². The van der Waals surface area contributed by atoms with E-state index in [4.69, 9.17) is 10.8 Å². The van der Waals surface area contributed by atoms with Crippen molar-refractivity contribution >= 4 is 5.97 Å². The second-order valence-electron chi connectivity index (χ2n) is 3.33. The third kappa shape index (κ3) is 6.12. The number of carbonyl (C=O) groups is 1. The lowest BCUT2D eigenvalue weighted by Gasteiger charge is -2.09. The largest absolute Gasteiger partial charge is 0.480 e. The van der Waals surface area contributed by atoms with Gasteiger partial charge in [0.05, 0.1) is 0 Å². The average molecular weight is 174 g/mol. The predicted octanol–water partition coefficient (Wildman–Crippen LogP) is 0.0340. The van der Waals surface area contributed by atoms with Crippen molar-refractivity contribution < 1.29 is 9.90 Å². The highest BCUT2D eigenvalue weighted by molar-refractivity contribution is 5.72. The number of nitrogens with two attached hydrogens (primary N) is 1. The van der Waals surface area contributed by atoms with Gasteiger partial charge in [-0.05, 0) is 25.4 Å². The Labute approximate surface area is 73.1 Å². The van der Waals surface area contributed by atoms with Crippen molar-refractivity contribution in [2.75, 3.05) is 13.1 Å². The second kappa shape index (κ2) is 5.97. The molecule has 0 saturated carbocycles. The van der Waals surface area contributed by atoms with E-state index in [1.165, 1.54) is 0 Å². The van der Waals surface area contributed by atoms with Crippen LogP contribution in [0.2, 0.25) is 0 Å². The standard InChI is InChI=1S/C8H18N2O2/c1-6(2)5-10-4-3-7(9)8(11)12/h6-7,10H,3-5,9H2,1-2H3,(H,11,12). The smallest absolute Gasteiger partial charge is 0.320 e. The maximum Gasteiger partial charge on any atom is 0.320 e. The van der Waals surface area contributed by atoms with Crippen LogP contribution in [0.15, 0.2) is 0 Å². The fourth-order valence-electron chi connectivity index (χ4n) is 0.772. The number of hydrogen-bond donors (Lipinski definition) is 3. The molecule has 0 saturated heterocycles. The number of carboxylic acids is 1. The Bertz CT molecular complexity index is 137. The first-order valence-electron chi connectivity index (χ1n) is 4.23. The first-order chi connectivity index (χ1) is 5.54. The van der Waals surface area contributed by atoms with Crippen LogP contribution in [-0.2, 0) is 4.79 Å². The van der Waals surface area contributed by atoms with Gasteiger partial charge >= 0.3 is 5.97 Å². The maximum atomic E-state index is 10.3. The van der Waals surface area contributed by atoms with E-state index in [9.17, 15) is 4.79 Å². The maximum absolute atomic E-state index is 10.3. The summed E-state index contributed by atoms with van der Waals surface area (Å²) in [6.45, 7) is 5.78. The Morgan fingerprint density at radius 1 is 1.58 bits per heavy atom.